The van der Waals surface area contributed by atoms with E-state index in [4.69, 9.17) is 9.84 Å². The van der Waals surface area contributed by atoms with E-state index in [2.05, 4.69) is 5.32 Å². The summed E-state index contributed by atoms with van der Waals surface area (Å²) in [5.41, 5.74) is 2.11. The average Bonchev–Trinajstić information content (AvgIpc) is 2.45. The molecule has 2 N–H and O–H groups in total. The predicted octanol–water partition coefficient (Wildman–Crippen LogP) is 1.66. The Kier molecular flexibility index (Phi) is 4.74. The number of aryl methyl sites for hydroxylation is 1. The summed E-state index contributed by atoms with van der Waals surface area (Å²) in [6.07, 6.45) is 1.23. The highest BCUT2D eigenvalue weighted by Gasteiger charge is 2.33. The Morgan fingerprint density at radius 3 is 2.70 bits per heavy atom. The van der Waals surface area contributed by atoms with Crippen molar-refractivity contribution in [1.29, 1.82) is 0 Å². The van der Waals surface area contributed by atoms with Crippen LogP contribution in [0.25, 0.3) is 0 Å². The zero-order valence-corrected chi connectivity index (χ0v) is 11.5. The number of nitrogens with one attached hydrogen (secondary N) is 1. The first-order valence-corrected chi connectivity index (χ1v) is 6.75. The van der Waals surface area contributed by atoms with Crippen LogP contribution in [0.5, 0.6) is 0 Å². The zero-order valence-electron chi connectivity index (χ0n) is 11.5. The topological polar surface area (TPSA) is 75.6 Å². The first kappa shape index (κ1) is 14.5. The van der Waals surface area contributed by atoms with E-state index in [1.54, 1.807) is 0 Å². The summed E-state index contributed by atoms with van der Waals surface area (Å²) in [7, 11) is 0. The van der Waals surface area contributed by atoms with Gasteiger partial charge in [0, 0.05) is 6.61 Å². The lowest BCUT2D eigenvalue weighted by Crippen LogP contribution is -2.39. The molecular formula is C15H19NO4. The van der Waals surface area contributed by atoms with Gasteiger partial charge < -0.3 is 15.2 Å². The van der Waals surface area contributed by atoms with Gasteiger partial charge in [0.2, 0.25) is 5.91 Å². The molecule has 0 radical (unpaired) electrons. The SMILES string of the molecule is Cc1ccc([C@H]2OCCC[C@H]2C(=O)NCC(=O)O)cc1. The van der Waals surface area contributed by atoms with Gasteiger partial charge in [0.15, 0.2) is 0 Å². The molecule has 1 aliphatic heterocycles. The van der Waals surface area contributed by atoms with Crippen LogP contribution in [0.4, 0.5) is 0 Å². The van der Waals surface area contributed by atoms with E-state index in [1.807, 2.05) is 31.2 Å². The maximum Gasteiger partial charge on any atom is 0.322 e. The number of aliphatic carboxylic acids is 1. The molecular weight excluding hydrogens is 258 g/mol. The molecule has 1 aromatic rings. The fraction of sp³-hybridized carbons (Fsp3) is 0.467. The van der Waals surface area contributed by atoms with E-state index in [1.165, 1.54) is 0 Å². The highest BCUT2D eigenvalue weighted by atomic mass is 16.5. The normalized spacial score (nSPS) is 22.2. The Morgan fingerprint density at radius 2 is 2.05 bits per heavy atom. The maximum absolute atomic E-state index is 12.1. The van der Waals surface area contributed by atoms with Crippen molar-refractivity contribution in [1.82, 2.24) is 5.32 Å². The molecule has 108 valence electrons. The number of amides is 1. The minimum Gasteiger partial charge on any atom is -0.480 e. The number of carboxylic acids is 1. The minimum atomic E-state index is -1.04. The standard InChI is InChI=1S/C15H19NO4/c1-10-4-6-11(7-5-10)14-12(3-2-8-20-14)15(19)16-9-13(17)18/h4-7,12,14H,2-3,8-9H2,1H3,(H,16,19)(H,17,18)/t12-,14-/m1/s1. The zero-order chi connectivity index (χ0) is 14.5. The second-order valence-electron chi connectivity index (χ2n) is 5.06. The number of ether oxygens (including phenoxy) is 1. The van der Waals surface area contributed by atoms with Crippen molar-refractivity contribution in [3.63, 3.8) is 0 Å². The molecule has 0 aromatic heterocycles. The fourth-order valence-electron chi connectivity index (χ4n) is 2.43. The van der Waals surface area contributed by atoms with E-state index in [0.29, 0.717) is 13.0 Å². The third-order valence-electron chi connectivity index (χ3n) is 3.48. The summed E-state index contributed by atoms with van der Waals surface area (Å²) in [5, 5.41) is 11.1. The van der Waals surface area contributed by atoms with Gasteiger partial charge in [-0.15, -0.1) is 0 Å². The lowest BCUT2D eigenvalue weighted by Gasteiger charge is -2.31. The molecule has 2 atom stereocenters. The van der Waals surface area contributed by atoms with Crippen LogP contribution in [0.3, 0.4) is 0 Å². The fourth-order valence-corrected chi connectivity index (χ4v) is 2.43. The molecule has 5 heteroatoms. The molecule has 5 nitrogen and oxygen atoms in total. The van der Waals surface area contributed by atoms with Gasteiger partial charge in [0.25, 0.3) is 0 Å². The molecule has 0 unspecified atom stereocenters. The molecule has 1 saturated heterocycles. The number of hydrogen-bond donors (Lipinski definition) is 2. The number of carbonyl (C=O) groups excluding carboxylic acids is 1. The highest BCUT2D eigenvalue weighted by Crippen LogP contribution is 2.33. The Hall–Kier alpha value is -1.88. The van der Waals surface area contributed by atoms with Crippen molar-refractivity contribution < 1.29 is 19.4 Å². The molecule has 0 aliphatic carbocycles. The van der Waals surface area contributed by atoms with Crippen molar-refractivity contribution in [3.8, 4) is 0 Å². The number of rotatable bonds is 4. The molecule has 1 aromatic carbocycles. The number of benzene rings is 1. The Labute approximate surface area is 117 Å². The number of hydrogen-bond acceptors (Lipinski definition) is 3. The molecule has 0 saturated carbocycles. The van der Waals surface area contributed by atoms with Gasteiger partial charge in [0.1, 0.15) is 6.54 Å². The van der Waals surface area contributed by atoms with Gasteiger partial charge in [-0.1, -0.05) is 29.8 Å². The van der Waals surface area contributed by atoms with E-state index in [-0.39, 0.29) is 24.5 Å². The summed E-state index contributed by atoms with van der Waals surface area (Å²) < 4.78 is 5.74. The first-order chi connectivity index (χ1) is 9.58. The predicted molar refractivity (Wildman–Crippen MR) is 73.2 cm³/mol. The van der Waals surface area contributed by atoms with Gasteiger partial charge in [-0.3, -0.25) is 9.59 Å². The molecule has 0 spiro atoms. The van der Waals surface area contributed by atoms with Gasteiger partial charge >= 0.3 is 5.97 Å². The van der Waals surface area contributed by atoms with Crippen molar-refractivity contribution in [3.05, 3.63) is 35.4 Å². The van der Waals surface area contributed by atoms with Crippen LogP contribution in [0, 0.1) is 12.8 Å². The molecule has 1 fully saturated rings. The van der Waals surface area contributed by atoms with E-state index in [9.17, 15) is 9.59 Å². The minimum absolute atomic E-state index is 0.252. The van der Waals surface area contributed by atoms with Gasteiger partial charge in [-0.05, 0) is 25.3 Å². The van der Waals surface area contributed by atoms with Crippen molar-refractivity contribution in [2.45, 2.75) is 25.9 Å². The summed E-state index contributed by atoms with van der Waals surface area (Å²) in [5.74, 6) is -1.62. The number of carboxylic acid groups (broad SMARTS) is 1. The van der Waals surface area contributed by atoms with Crippen molar-refractivity contribution >= 4 is 11.9 Å². The van der Waals surface area contributed by atoms with Crippen molar-refractivity contribution in [2.24, 2.45) is 5.92 Å². The number of carbonyl (C=O) groups is 2. The lowest BCUT2D eigenvalue weighted by molar-refractivity contribution is -0.141. The van der Waals surface area contributed by atoms with E-state index >= 15 is 0 Å². The van der Waals surface area contributed by atoms with Crippen LogP contribution >= 0.6 is 0 Å². The van der Waals surface area contributed by atoms with Crippen molar-refractivity contribution in [2.75, 3.05) is 13.2 Å². The lowest BCUT2D eigenvalue weighted by atomic mass is 9.88. The second kappa shape index (κ2) is 6.52. The maximum atomic E-state index is 12.1. The quantitative estimate of drug-likeness (QED) is 0.877. The average molecular weight is 277 g/mol. The molecule has 20 heavy (non-hydrogen) atoms. The monoisotopic (exact) mass is 277 g/mol. The third-order valence-corrected chi connectivity index (χ3v) is 3.48. The van der Waals surface area contributed by atoms with Crippen LogP contribution in [0.1, 0.15) is 30.1 Å². The van der Waals surface area contributed by atoms with E-state index in [0.717, 1.165) is 17.5 Å². The molecule has 1 heterocycles. The van der Waals surface area contributed by atoms with E-state index < -0.39 is 5.97 Å². The van der Waals surface area contributed by atoms with Crippen LogP contribution in [0.2, 0.25) is 0 Å². The molecule has 0 bridgehead atoms. The Morgan fingerprint density at radius 1 is 1.35 bits per heavy atom. The third kappa shape index (κ3) is 3.57. The van der Waals surface area contributed by atoms with Crippen LogP contribution in [-0.2, 0) is 14.3 Å². The van der Waals surface area contributed by atoms with Gasteiger partial charge in [0.05, 0.1) is 12.0 Å². The molecule has 2 rings (SSSR count). The van der Waals surface area contributed by atoms with Crippen LogP contribution in [0.15, 0.2) is 24.3 Å². The van der Waals surface area contributed by atoms with Crippen LogP contribution in [-0.4, -0.2) is 30.1 Å². The first-order valence-electron chi connectivity index (χ1n) is 6.75. The Bertz CT molecular complexity index is 483. The summed E-state index contributed by atoms with van der Waals surface area (Å²) in [4.78, 5) is 22.6. The highest BCUT2D eigenvalue weighted by molar-refractivity contribution is 5.83. The molecule has 1 amide bonds. The summed E-state index contributed by atoms with van der Waals surface area (Å²) >= 11 is 0. The largest absolute Gasteiger partial charge is 0.480 e. The smallest absolute Gasteiger partial charge is 0.322 e. The van der Waals surface area contributed by atoms with Gasteiger partial charge in [-0.2, -0.15) is 0 Å². The molecule has 1 aliphatic rings. The Balaban J connectivity index is 2.10. The second-order valence-corrected chi connectivity index (χ2v) is 5.06. The summed E-state index contributed by atoms with van der Waals surface area (Å²) in [6, 6.07) is 7.89. The van der Waals surface area contributed by atoms with Crippen LogP contribution < -0.4 is 5.32 Å². The summed E-state index contributed by atoms with van der Waals surface area (Å²) in [6.45, 7) is 2.28. The van der Waals surface area contributed by atoms with Gasteiger partial charge in [-0.25, -0.2) is 0 Å².